The Kier molecular flexibility index (Phi) is 5.79. The molecule has 0 bridgehead atoms. The van der Waals surface area contributed by atoms with Crippen LogP contribution in [0.4, 0.5) is 5.69 Å². The van der Waals surface area contributed by atoms with Gasteiger partial charge >= 0.3 is 0 Å². The molecule has 0 radical (unpaired) electrons. The van der Waals surface area contributed by atoms with Crippen molar-refractivity contribution in [3.8, 4) is 0 Å². The van der Waals surface area contributed by atoms with E-state index in [-0.39, 0.29) is 17.9 Å². The molecule has 0 atom stereocenters. The molecule has 0 fully saturated rings. The van der Waals surface area contributed by atoms with Gasteiger partial charge in [-0.3, -0.25) is 14.2 Å². The summed E-state index contributed by atoms with van der Waals surface area (Å²) in [6.07, 6.45) is 3.75. The number of aromatic nitrogens is 2. The van der Waals surface area contributed by atoms with Gasteiger partial charge in [0, 0.05) is 25.2 Å². The minimum atomic E-state index is -0.108. The van der Waals surface area contributed by atoms with Gasteiger partial charge in [0.1, 0.15) is 0 Å². The highest BCUT2D eigenvalue weighted by Crippen LogP contribution is 2.16. The van der Waals surface area contributed by atoms with Crippen molar-refractivity contribution >= 4 is 22.5 Å². The van der Waals surface area contributed by atoms with E-state index in [1.165, 1.54) is 10.9 Å². The van der Waals surface area contributed by atoms with E-state index in [0.717, 1.165) is 18.5 Å². The number of hydrogen-bond donors (Lipinski definition) is 0. The molecule has 0 spiro atoms. The van der Waals surface area contributed by atoms with Crippen molar-refractivity contribution in [2.75, 3.05) is 11.4 Å². The normalized spacial score (nSPS) is 10.8. The molecule has 134 valence electrons. The summed E-state index contributed by atoms with van der Waals surface area (Å²) in [6, 6.07) is 16.9. The van der Waals surface area contributed by atoms with Crippen molar-refractivity contribution in [3.63, 3.8) is 0 Å². The van der Waals surface area contributed by atoms with Crippen molar-refractivity contribution in [1.82, 2.24) is 9.55 Å². The molecule has 0 saturated carbocycles. The van der Waals surface area contributed by atoms with Crippen molar-refractivity contribution in [2.24, 2.45) is 0 Å². The summed E-state index contributed by atoms with van der Waals surface area (Å²) >= 11 is 0. The first kappa shape index (κ1) is 17.9. The number of benzene rings is 2. The maximum Gasteiger partial charge on any atom is 0.261 e. The summed E-state index contributed by atoms with van der Waals surface area (Å²) in [5.41, 5.74) is 1.46. The van der Waals surface area contributed by atoms with Crippen LogP contribution in [-0.2, 0) is 11.3 Å². The molecule has 3 rings (SSSR count). The standard InChI is InChI=1S/C21H23N3O2/c1-2-3-14-24(17-9-5-4-6-10-17)20(25)13-15-23-16-22-19-12-8-7-11-18(19)21(23)26/h4-12,16H,2-3,13-15H2,1H3. The average molecular weight is 349 g/mol. The third-order valence-corrected chi connectivity index (χ3v) is 4.40. The van der Waals surface area contributed by atoms with Gasteiger partial charge in [0.2, 0.25) is 5.91 Å². The molecule has 0 N–H and O–H groups in total. The van der Waals surface area contributed by atoms with Gasteiger partial charge in [0.15, 0.2) is 0 Å². The van der Waals surface area contributed by atoms with Crippen LogP contribution < -0.4 is 10.5 Å². The Balaban J connectivity index is 1.76. The number of fused-ring (bicyclic) bond motifs is 1. The van der Waals surface area contributed by atoms with Crippen LogP contribution in [0.1, 0.15) is 26.2 Å². The number of anilines is 1. The van der Waals surface area contributed by atoms with E-state index >= 15 is 0 Å². The summed E-state index contributed by atoms with van der Waals surface area (Å²) in [5.74, 6) is 0.0182. The lowest BCUT2D eigenvalue weighted by Gasteiger charge is -2.23. The molecular weight excluding hydrogens is 326 g/mol. The Bertz CT molecular complexity index is 935. The molecular formula is C21H23N3O2. The van der Waals surface area contributed by atoms with Gasteiger partial charge in [-0.1, -0.05) is 43.7 Å². The second kappa shape index (κ2) is 8.43. The lowest BCUT2D eigenvalue weighted by molar-refractivity contribution is -0.118. The molecule has 5 heteroatoms. The molecule has 0 saturated heterocycles. The first-order valence-electron chi connectivity index (χ1n) is 9.00. The van der Waals surface area contributed by atoms with E-state index in [4.69, 9.17) is 0 Å². The monoisotopic (exact) mass is 349 g/mol. The van der Waals surface area contributed by atoms with Gasteiger partial charge in [-0.15, -0.1) is 0 Å². The fraction of sp³-hybridized carbons (Fsp3) is 0.286. The SMILES string of the molecule is CCCCN(C(=O)CCn1cnc2ccccc2c1=O)c1ccccc1. The molecule has 5 nitrogen and oxygen atoms in total. The number of nitrogens with zero attached hydrogens (tertiary/aromatic N) is 3. The molecule has 2 aromatic carbocycles. The Labute approximate surface area is 152 Å². The van der Waals surface area contributed by atoms with Gasteiger partial charge in [-0.25, -0.2) is 4.98 Å². The van der Waals surface area contributed by atoms with E-state index in [9.17, 15) is 9.59 Å². The van der Waals surface area contributed by atoms with Crippen LogP contribution in [0.25, 0.3) is 10.9 Å². The zero-order valence-electron chi connectivity index (χ0n) is 15.0. The highest BCUT2D eigenvalue weighted by atomic mass is 16.2. The highest BCUT2D eigenvalue weighted by molar-refractivity contribution is 5.93. The van der Waals surface area contributed by atoms with Crippen LogP contribution in [0, 0.1) is 0 Å². The van der Waals surface area contributed by atoms with E-state index in [1.807, 2.05) is 53.4 Å². The van der Waals surface area contributed by atoms with Crippen LogP contribution in [0.15, 0.2) is 65.7 Å². The molecule has 26 heavy (non-hydrogen) atoms. The van der Waals surface area contributed by atoms with Crippen LogP contribution >= 0.6 is 0 Å². The number of para-hydroxylation sites is 2. The molecule has 1 aromatic heterocycles. The predicted octanol–water partition coefficient (Wildman–Crippen LogP) is 3.62. The smallest absolute Gasteiger partial charge is 0.261 e. The van der Waals surface area contributed by atoms with Gasteiger partial charge < -0.3 is 4.90 Å². The Hall–Kier alpha value is -2.95. The summed E-state index contributed by atoms with van der Waals surface area (Å²) in [7, 11) is 0. The lowest BCUT2D eigenvalue weighted by atomic mass is 10.2. The Morgan fingerprint density at radius 3 is 2.58 bits per heavy atom. The predicted molar refractivity (Wildman–Crippen MR) is 104 cm³/mol. The number of aryl methyl sites for hydroxylation is 1. The summed E-state index contributed by atoms with van der Waals surface area (Å²) in [6.45, 7) is 3.11. The minimum Gasteiger partial charge on any atom is -0.312 e. The fourth-order valence-corrected chi connectivity index (χ4v) is 2.94. The van der Waals surface area contributed by atoms with Crippen molar-refractivity contribution in [3.05, 3.63) is 71.3 Å². The van der Waals surface area contributed by atoms with E-state index in [1.54, 1.807) is 6.07 Å². The summed E-state index contributed by atoms with van der Waals surface area (Å²) in [4.78, 5) is 31.5. The molecule has 0 aliphatic rings. The minimum absolute atomic E-state index is 0.0182. The largest absolute Gasteiger partial charge is 0.312 e. The maximum atomic E-state index is 12.8. The van der Waals surface area contributed by atoms with Gasteiger partial charge in [-0.2, -0.15) is 0 Å². The number of carbonyl (C=O) groups is 1. The topological polar surface area (TPSA) is 55.2 Å². The maximum absolute atomic E-state index is 12.8. The van der Waals surface area contributed by atoms with Crippen molar-refractivity contribution in [1.29, 1.82) is 0 Å². The van der Waals surface area contributed by atoms with Crippen LogP contribution in [0.3, 0.4) is 0 Å². The number of hydrogen-bond acceptors (Lipinski definition) is 3. The second-order valence-corrected chi connectivity index (χ2v) is 6.24. The third kappa shape index (κ3) is 3.99. The number of carbonyl (C=O) groups excluding carboxylic acids is 1. The summed E-state index contributed by atoms with van der Waals surface area (Å²) in [5, 5.41) is 0.577. The molecule has 0 unspecified atom stereocenters. The molecule has 1 amide bonds. The molecule has 3 aromatic rings. The lowest BCUT2D eigenvalue weighted by Crippen LogP contribution is -2.33. The van der Waals surface area contributed by atoms with Crippen molar-refractivity contribution in [2.45, 2.75) is 32.7 Å². The van der Waals surface area contributed by atoms with Crippen LogP contribution in [-0.4, -0.2) is 22.0 Å². The highest BCUT2D eigenvalue weighted by Gasteiger charge is 2.15. The molecule has 1 heterocycles. The second-order valence-electron chi connectivity index (χ2n) is 6.24. The number of unbranched alkanes of at least 4 members (excludes halogenated alkanes) is 1. The fourth-order valence-electron chi connectivity index (χ4n) is 2.94. The Morgan fingerprint density at radius 1 is 1.08 bits per heavy atom. The van der Waals surface area contributed by atoms with Crippen LogP contribution in [0.5, 0.6) is 0 Å². The van der Waals surface area contributed by atoms with E-state index in [2.05, 4.69) is 11.9 Å². The van der Waals surface area contributed by atoms with Gasteiger partial charge in [-0.05, 0) is 30.7 Å². The van der Waals surface area contributed by atoms with E-state index < -0.39 is 0 Å². The molecule has 0 aliphatic carbocycles. The van der Waals surface area contributed by atoms with Crippen LogP contribution in [0.2, 0.25) is 0 Å². The van der Waals surface area contributed by atoms with Gasteiger partial charge in [0.05, 0.1) is 17.2 Å². The molecule has 0 aliphatic heterocycles. The number of amides is 1. The number of rotatable bonds is 7. The Morgan fingerprint density at radius 2 is 1.81 bits per heavy atom. The quantitative estimate of drug-likeness (QED) is 0.655. The first-order valence-corrected chi connectivity index (χ1v) is 9.00. The zero-order valence-corrected chi connectivity index (χ0v) is 15.0. The zero-order chi connectivity index (χ0) is 18.4. The average Bonchev–Trinajstić information content (AvgIpc) is 2.69. The third-order valence-electron chi connectivity index (χ3n) is 4.40. The van der Waals surface area contributed by atoms with Crippen molar-refractivity contribution < 1.29 is 4.79 Å². The van der Waals surface area contributed by atoms with Gasteiger partial charge in [0.25, 0.3) is 5.56 Å². The van der Waals surface area contributed by atoms with E-state index in [0.29, 0.717) is 24.0 Å². The summed E-state index contributed by atoms with van der Waals surface area (Å²) < 4.78 is 1.52. The first-order chi connectivity index (χ1) is 12.7.